The van der Waals surface area contributed by atoms with E-state index in [1.165, 1.54) is 7.11 Å². The largest absolute Gasteiger partial charge is 0.493 e. The Labute approximate surface area is 171 Å². The fraction of sp³-hybridized carbons (Fsp3) is 0.524. The minimum absolute atomic E-state index is 0.293. The van der Waals surface area contributed by atoms with Gasteiger partial charge in [-0.3, -0.25) is 4.98 Å². The second-order valence-corrected chi connectivity index (χ2v) is 7.06. The van der Waals surface area contributed by atoms with E-state index in [0.717, 1.165) is 49.4 Å². The summed E-state index contributed by atoms with van der Waals surface area (Å²) < 4.78 is 16.5. The monoisotopic (exact) mass is 402 g/mol. The van der Waals surface area contributed by atoms with Gasteiger partial charge in [-0.05, 0) is 50.0 Å². The second kappa shape index (κ2) is 10.2. The van der Waals surface area contributed by atoms with Crippen molar-refractivity contribution in [2.45, 2.75) is 38.8 Å². The van der Waals surface area contributed by atoms with E-state index in [0.29, 0.717) is 30.9 Å². The molecule has 1 aromatic carbocycles. The lowest BCUT2D eigenvalue weighted by Crippen LogP contribution is -2.43. The first-order chi connectivity index (χ1) is 14.1. The van der Waals surface area contributed by atoms with Crippen LogP contribution in [-0.2, 0) is 6.54 Å². The molecule has 29 heavy (non-hydrogen) atoms. The summed E-state index contributed by atoms with van der Waals surface area (Å²) in [6.07, 6.45) is 2.90. The van der Waals surface area contributed by atoms with Crippen molar-refractivity contribution in [3.8, 4) is 17.4 Å². The molecule has 2 N–H and O–H groups in total. The van der Waals surface area contributed by atoms with Crippen LogP contribution >= 0.6 is 0 Å². The van der Waals surface area contributed by atoms with E-state index < -0.39 is 5.69 Å². The zero-order valence-corrected chi connectivity index (χ0v) is 17.4. The molecule has 0 amide bonds. The van der Waals surface area contributed by atoms with Gasteiger partial charge < -0.3 is 24.4 Å². The van der Waals surface area contributed by atoms with Crippen LogP contribution in [0.4, 0.5) is 5.82 Å². The number of rotatable bonds is 9. The molecule has 1 aromatic heterocycles. The van der Waals surface area contributed by atoms with Gasteiger partial charge in [-0.1, -0.05) is 13.0 Å². The lowest BCUT2D eigenvalue weighted by Gasteiger charge is -2.36. The van der Waals surface area contributed by atoms with E-state index in [1.807, 2.05) is 18.2 Å². The zero-order valence-electron chi connectivity index (χ0n) is 17.4. The first kappa shape index (κ1) is 21.0. The van der Waals surface area contributed by atoms with E-state index >= 15 is 0 Å². The average molecular weight is 402 g/mol. The number of anilines is 1. The third-order valence-corrected chi connectivity index (χ3v) is 5.02. The third kappa shape index (κ3) is 5.41. The molecule has 0 atom stereocenters. The summed E-state index contributed by atoms with van der Waals surface area (Å²) in [6.45, 7) is 5.22. The number of nitrogens with one attached hydrogen (secondary N) is 2. The number of ether oxygens (including phenoxy) is 3. The van der Waals surface area contributed by atoms with Gasteiger partial charge in [0, 0.05) is 18.7 Å². The molecule has 0 spiro atoms. The molecule has 0 aliphatic carbocycles. The molecule has 3 rings (SSSR count). The normalized spacial score (nSPS) is 14.4. The third-order valence-electron chi connectivity index (χ3n) is 5.02. The fourth-order valence-electron chi connectivity index (χ4n) is 3.55. The molecule has 8 nitrogen and oxygen atoms in total. The van der Waals surface area contributed by atoms with Gasteiger partial charge in [0.2, 0.25) is 5.88 Å². The van der Waals surface area contributed by atoms with Crippen LogP contribution in [-0.4, -0.2) is 49.9 Å². The average Bonchev–Trinajstić information content (AvgIpc) is 2.76. The Morgan fingerprint density at radius 1 is 1.14 bits per heavy atom. The molecule has 158 valence electrons. The van der Waals surface area contributed by atoms with Crippen LogP contribution in [0.3, 0.4) is 0 Å². The minimum Gasteiger partial charge on any atom is -0.493 e. The Morgan fingerprint density at radius 3 is 2.62 bits per heavy atom. The van der Waals surface area contributed by atoms with Crippen molar-refractivity contribution in [2.75, 3.05) is 38.8 Å². The van der Waals surface area contributed by atoms with Gasteiger partial charge in [0.1, 0.15) is 5.82 Å². The highest BCUT2D eigenvalue weighted by molar-refractivity contribution is 5.47. The quantitative estimate of drug-likeness (QED) is 0.665. The zero-order chi connectivity index (χ0) is 20.6. The van der Waals surface area contributed by atoms with Crippen molar-refractivity contribution < 1.29 is 14.2 Å². The number of benzene rings is 1. The van der Waals surface area contributed by atoms with Crippen molar-refractivity contribution in [1.29, 1.82) is 0 Å². The summed E-state index contributed by atoms with van der Waals surface area (Å²) in [7, 11) is 3.16. The molecule has 0 bridgehead atoms. The van der Waals surface area contributed by atoms with E-state index in [1.54, 1.807) is 13.2 Å². The Bertz CT molecular complexity index is 849. The van der Waals surface area contributed by atoms with Gasteiger partial charge in [-0.15, -0.1) is 0 Å². The molecule has 8 heteroatoms. The Hall–Kier alpha value is -2.74. The highest BCUT2D eigenvalue weighted by atomic mass is 16.5. The van der Waals surface area contributed by atoms with Gasteiger partial charge in [0.25, 0.3) is 0 Å². The Kier molecular flexibility index (Phi) is 7.35. The predicted molar refractivity (Wildman–Crippen MR) is 112 cm³/mol. The fourth-order valence-corrected chi connectivity index (χ4v) is 3.55. The second-order valence-electron chi connectivity index (χ2n) is 7.06. The van der Waals surface area contributed by atoms with Gasteiger partial charge in [0.05, 0.1) is 20.8 Å². The van der Waals surface area contributed by atoms with E-state index in [-0.39, 0.29) is 0 Å². The SMILES string of the molecule is CCCOc1cc(CN(c2cc(OC)nc(=O)[nH]2)C2CCNCC2)ccc1OC. The number of aromatic nitrogens is 2. The highest BCUT2D eigenvalue weighted by Gasteiger charge is 2.23. The molecule has 1 aliphatic heterocycles. The molecule has 2 heterocycles. The smallest absolute Gasteiger partial charge is 0.349 e. The molecule has 1 aliphatic rings. The predicted octanol–water partition coefficient (Wildman–Crippen LogP) is 2.33. The number of aromatic amines is 1. The molecule has 1 saturated heterocycles. The number of piperidine rings is 1. The van der Waals surface area contributed by atoms with Crippen LogP contribution in [0.5, 0.6) is 17.4 Å². The number of hydrogen-bond donors (Lipinski definition) is 2. The van der Waals surface area contributed by atoms with Crippen molar-refractivity contribution in [3.63, 3.8) is 0 Å². The molecular weight excluding hydrogens is 372 g/mol. The van der Waals surface area contributed by atoms with E-state index in [2.05, 4.69) is 27.1 Å². The highest BCUT2D eigenvalue weighted by Crippen LogP contribution is 2.30. The summed E-state index contributed by atoms with van der Waals surface area (Å²) in [5.41, 5.74) is 0.659. The summed E-state index contributed by atoms with van der Waals surface area (Å²) in [4.78, 5) is 21.0. The molecule has 0 saturated carbocycles. The van der Waals surface area contributed by atoms with E-state index in [9.17, 15) is 4.79 Å². The van der Waals surface area contributed by atoms with Crippen LogP contribution < -0.4 is 30.1 Å². The van der Waals surface area contributed by atoms with Crippen molar-refractivity contribution in [2.24, 2.45) is 0 Å². The Morgan fingerprint density at radius 2 is 1.93 bits per heavy atom. The van der Waals surface area contributed by atoms with Crippen LogP contribution in [0.2, 0.25) is 0 Å². The maximum absolute atomic E-state index is 12.0. The number of hydrogen-bond acceptors (Lipinski definition) is 7. The topological polar surface area (TPSA) is 88.7 Å². The maximum Gasteiger partial charge on any atom is 0.349 e. The molecule has 0 unspecified atom stereocenters. The molecule has 0 radical (unpaired) electrons. The molecule has 2 aromatic rings. The Balaban J connectivity index is 1.93. The van der Waals surface area contributed by atoms with Crippen molar-refractivity contribution in [1.82, 2.24) is 15.3 Å². The summed E-state index contributed by atoms with van der Waals surface area (Å²) in [5.74, 6) is 2.47. The number of methoxy groups -OCH3 is 2. The lowest BCUT2D eigenvalue weighted by atomic mass is 10.0. The molecular formula is C21H30N4O4. The van der Waals surface area contributed by atoms with Crippen LogP contribution in [0.25, 0.3) is 0 Å². The number of H-pyrrole nitrogens is 1. The van der Waals surface area contributed by atoms with Crippen molar-refractivity contribution in [3.05, 3.63) is 40.3 Å². The minimum atomic E-state index is -0.417. The van der Waals surface area contributed by atoms with Gasteiger partial charge in [0.15, 0.2) is 11.5 Å². The first-order valence-electron chi connectivity index (χ1n) is 10.1. The molecule has 1 fully saturated rings. The van der Waals surface area contributed by atoms with Crippen molar-refractivity contribution >= 4 is 5.82 Å². The maximum atomic E-state index is 12.0. The standard InChI is InChI=1S/C21H30N4O4/c1-4-11-29-18-12-15(5-6-17(18)27-2)14-25(16-7-9-22-10-8-16)19-13-20(28-3)24-21(26)23-19/h5-6,12-13,16,22H,4,7-11,14H2,1-3H3,(H,23,24,26). The number of nitrogens with zero attached hydrogens (tertiary/aromatic N) is 2. The van der Waals surface area contributed by atoms with E-state index in [4.69, 9.17) is 14.2 Å². The van der Waals surface area contributed by atoms with Crippen LogP contribution in [0.1, 0.15) is 31.7 Å². The first-order valence-corrected chi connectivity index (χ1v) is 10.1. The van der Waals surface area contributed by atoms with Crippen LogP contribution in [0, 0.1) is 0 Å². The van der Waals surface area contributed by atoms with Gasteiger partial charge in [-0.25, -0.2) is 4.79 Å². The lowest BCUT2D eigenvalue weighted by molar-refractivity contribution is 0.294. The van der Waals surface area contributed by atoms with Crippen LogP contribution in [0.15, 0.2) is 29.1 Å². The van der Waals surface area contributed by atoms with Gasteiger partial charge >= 0.3 is 5.69 Å². The van der Waals surface area contributed by atoms with Gasteiger partial charge in [-0.2, -0.15) is 4.98 Å². The summed E-state index contributed by atoms with van der Waals surface area (Å²) in [6, 6.07) is 8.04. The summed E-state index contributed by atoms with van der Waals surface area (Å²) in [5, 5.41) is 3.39. The summed E-state index contributed by atoms with van der Waals surface area (Å²) >= 11 is 0.